The third-order valence-electron chi connectivity index (χ3n) is 5.58. The molecule has 0 unspecified atom stereocenters. The van der Waals surface area contributed by atoms with E-state index in [1.54, 1.807) is 0 Å². The van der Waals surface area contributed by atoms with Crippen molar-refractivity contribution in [2.24, 2.45) is 0 Å². The summed E-state index contributed by atoms with van der Waals surface area (Å²) in [5, 5.41) is 10.6. The van der Waals surface area contributed by atoms with Crippen molar-refractivity contribution in [3.05, 3.63) is 83.9 Å². The SMILES string of the molecule is O=C1NC(=O)c2c1c1ccc3ccccc3c1c1c2ccc2ccccc21. The Kier molecular flexibility index (Phi) is 2.63. The van der Waals surface area contributed by atoms with Gasteiger partial charge in [-0.25, -0.2) is 0 Å². The first-order valence-electron chi connectivity index (χ1n) is 8.88. The normalized spacial score (nSPS) is 13.6. The quantitative estimate of drug-likeness (QED) is 0.310. The minimum absolute atomic E-state index is 0.315. The molecule has 5 aromatic carbocycles. The summed E-state index contributed by atoms with van der Waals surface area (Å²) in [5.74, 6) is -0.629. The van der Waals surface area contributed by atoms with Crippen molar-refractivity contribution < 1.29 is 9.59 Å². The molecule has 0 atom stereocenters. The maximum atomic E-state index is 12.6. The lowest BCUT2D eigenvalue weighted by molar-refractivity contribution is 0.0880. The minimum Gasteiger partial charge on any atom is -0.288 e. The van der Waals surface area contributed by atoms with Crippen molar-refractivity contribution in [3.8, 4) is 0 Å². The smallest absolute Gasteiger partial charge is 0.259 e. The molecule has 0 fully saturated rings. The molecule has 0 aliphatic carbocycles. The van der Waals surface area contributed by atoms with Crippen LogP contribution in [-0.4, -0.2) is 11.8 Å². The lowest BCUT2D eigenvalue weighted by Gasteiger charge is -2.14. The molecule has 0 saturated heterocycles. The molecule has 3 nitrogen and oxygen atoms in total. The molecule has 1 heterocycles. The molecule has 126 valence electrons. The van der Waals surface area contributed by atoms with Crippen molar-refractivity contribution >= 4 is 54.9 Å². The Morgan fingerprint density at radius 1 is 0.481 bits per heavy atom. The van der Waals surface area contributed by atoms with Crippen LogP contribution in [0.1, 0.15) is 20.7 Å². The van der Waals surface area contributed by atoms with Gasteiger partial charge in [-0.2, -0.15) is 0 Å². The Bertz CT molecular complexity index is 1370. The fourth-order valence-electron chi connectivity index (χ4n) is 4.47. The molecule has 27 heavy (non-hydrogen) atoms. The highest BCUT2D eigenvalue weighted by Gasteiger charge is 2.32. The van der Waals surface area contributed by atoms with E-state index in [1.807, 2.05) is 48.5 Å². The largest absolute Gasteiger partial charge is 0.288 e. The molecule has 3 heteroatoms. The first-order valence-corrected chi connectivity index (χ1v) is 8.88. The number of imide groups is 1. The average Bonchev–Trinajstić information content (AvgIpc) is 3.01. The van der Waals surface area contributed by atoms with E-state index in [9.17, 15) is 9.59 Å². The third kappa shape index (κ3) is 1.75. The van der Waals surface area contributed by atoms with Gasteiger partial charge in [-0.3, -0.25) is 14.9 Å². The van der Waals surface area contributed by atoms with Gasteiger partial charge in [0, 0.05) is 0 Å². The van der Waals surface area contributed by atoms with Crippen LogP contribution in [0.5, 0.6) is 0 Å². The lowest BCUT2D eigenvalue weighted by Crippen LogP contribution is -2.20. The zero-order valence-electron chi connectivity index (χ0n) is 14.2. The molecule has 1 aliphatic heterocycles. The van der Waals surface area contributed by atoms with Crippen molar-refractivity contribution in [1.82, 2.24) is 5.32 Å². The number of hydrogen-bond acceptors (Lipinski definition) is 2. The summed E-state index contributed by atoms with van der Waals surface area (Å²) in [7, 11) is 0. The molecular formula is C24H13NO2. The second-order valence-corrected chi connectivity index (χ2v) is 6.95. The summed E-state index contributed by atoms with van der Waals surface area (Å²) in [6, 6.07) is 24.3. The van der Waals surface area contributed by atoms with Gasteiger partial charge in [-0.05, 0) is 43.1 Å². The second-order valence-electron chi connectivity index (χ2n) is 6.95. The van der Waals surface area contributed by atoms with Crippen LogP contribution in [-0.2, 0) is 0 Å². The molecule has 0 spiro atoms. The molecule has 2 amide bonds. The van der Waals surface area contributed by atoms with Crippen LogP contribution in [0.4, 0.5) is 0 Å². The van der Waals surface area contributed by atoms with Gasteiger partial charge in [-0.1, -0.05) is 72.8 Å². The molecule has 0 aromatic heterocycles. The summed E-state index contributed by atoms with van der Waals surface area (Å²) in [6.07, 6.45) is 0. The molecule has 0 radical (unpaired) electrons. The maximum Gasteiger partial charge on any atom is 0.259 e. The van der Waals surface area contributed by atoms with E-state index in [0.29, 0.717) is 11.1 Å². The summed E-state index contributed by atoms with van der Waals surface area (Å²) in [5.41, 5.74) is 0.979. The van der Waals surface area contributed by atoms with Gasteiger partial charge >= 0.3 is 0 Å². The molecule has 1 N–H and O–H groups in total. The predicted molar refractivity (Wildman–Crippen MR) is 108 cm³/mol. The van der Waals surface area contributed by atoms with E-state index in [2.05, 4.69) is 29.6 Å². The van der Waals surface area contributed by atoms with Gasteiger partial charge in [0.15, 0.2) is 0 Å². The van der Waals surface area contributed by atoms with Crippen LogP contribution in [0, 0.1) is 0 Å². The average molecular weight is 347 g/mol. The Morgan fingerprint density at radius 2 is 0.926 bits per heavy atom. The van der Waals surface area contributed by atoms with E-state index in [1.165, 1.54) is 0 Å². The van der Waals surface area contributed by atoms with Gasteiger partial charge in [0.05, 0.1) is 11.1 Å². The van der Waals surface area contributed by atoms with Crippen LogP contribution < -0.4 is 5.32 Å². The summed E-state index contributed by atoms with van der Waals surface area (Å²) >= 11 is 0. The molecule has 0 saturated carbocycles. The van der Waals surface area contributed by atoms with Crippen molar-refractivity contribution in [2.75, 3.05) is 0 Å². The van der Waals surface area contributed by atoms with Crippen molar-refractivity contribution in [1.29, 1.82) is 0 Å². The maximum absolute atomic E-state index is 12.6. The Labute approximate surface area is 154 Å². The summed E-state index contributed by atoms with van der Waals surface area (Å²) in [6.45, 7) is 0. The van der Waals surface area contributed by atoms with Gasteiger partial charge in [0.2, 0.25) is 0 Å². The second kappa shape index (κ2) is 4.92. The first-order chi connectivity index (χ1) is 13.2. The van der Waals surface area contributed by atoms with Crippen LogP contribution in [0.15, 0.2) is 72.8 Å². The fourth-order valence-corrected chi connectivity index (χ4v) is 4.47. The molecule has 1 aliphatic rings. The monoisotopic (exact) mass is 347 g/mol. The zero-order valence-corrected chi connectivity index (χ0v) is 14.2. The van der Waals surface area contributed by atoms with E-state index in [4.69, 9.17) is 0 Å². The van der Waals surface area contributed by atoms with E-state index < -0.39 is 0 Å². The molecule has 5 aromatic rings. The predicted octanol–water partition coefficient (Wildman–Crippen LogP) is 5.18. The van der Waals surface area contributed by atoms with Crippen LogP contribution >= 0.6 is 0 Å². The van der Waals surface area contributed by atoms with Gasteiger partial charge in [0.25, 0.3) is 11.8 Å². The Hall–Kier alpha value is -3.72. The standard InChI is InChI=1S/C24H13NO2/c26-23-21-17-11-9-13-5-1-3-7-15(13)19(17)20-16-8-4-2-6-14(16)10-12-18(20)22(21)24(27)25-23/h1-12H,(H,25,26,27). The first kappa shape index (κ1) is 14.4. The lowest BCUT2D eigenvalue weighted by atomic mass is 9.87. The Balaban J connectivity index is 2.05. The third-order valence-corrected chi connectivity index (χ3v) is 5.58. The number of fused-ring (bicyclic) bond motifs is 10. The number of carbonyl (C=O) groups is 2. The fraction of sp³-hybridized carbons (Fsp3) is 0. The van der Waals surface area contributed by atoms with Gasteiger partial charge < -0.3 is 0 Å². The summed E-state index contributed by atoms with van der Waals surface area (Å²) < 4.78 is 0. The van der Waals surface area contributed by atoms with Crippen LogP contribution in [0.25, 0.3) is 43.1 Å². The molecule has 0 bridgehead atoms. The van der Waals surface area contributed by atoms with Crippen LogP contribution in [0.2, 0.25) is 0 Å². The zero-order chi connectivity index (χ0) is 18.1. The van der Waals surface area contributed by atoms with E-state index >= 15 is 0 Å². The highest BCUT2D eigenvalue weighted by molar-refractivity contribution is 6.39. The van der Waals surface area contributed by atoms with Crippen molar-refractivity contribution in [3.63, 3.8) is 0 Å². The molecule has 6 rings (SSSR count). The van der Waals surface area contributed by atoms with Gasteiger partial charge in [0.1, 0.15) is 0 Å². The number of rotatable bonds is 0. The van der Waals surface area contributed by atoms with E-state index in [-0.39, 0.29) is 11.8 Å². The number of carbonyl (C=O) groups excluding carboxylic acids is 2. The summed E-state index contributed by atoms with van der Waals surface area (Å²) in [4.78, 5) is 25.2. The van der Waals surface area contributed by atoms with Crippen LogP contribution in [0.3, 0.4) is 0 Å². The minimum atomic E-state index is -0.315. The number of amides is 2. The highest BCUT2D eigenvalue weighted by Crippen LogP contribution is 2.41. The number of nitrogens with one attached hydrogen (secondary N) is 1. The highest BCUT2D eigenvalue weighted by atomic mass is 16.2. The number of benzene rings is 5. The molecular weight excluding hydrogens is 334 g/mol. The van der Waals surface area contributed by atoms with E-state index in [0.717, 1.165) is 43.1 Å². The van der Waals surface area contributed by atoms with Crippen molar-refractivity contribution in [2.45, 2.75) is 0 Å². The number of hydrogen-bond donors (Lipinski definition) is 1. The van der Waals surface area contributed by atoms with Gasteiger partial charge in [-0.15, -0.1) is 0 Å². The Morgan fingerprint density at radius 3 is 1.41 bits per heavy atom. The topological polar surface area (TPSA) is 46.2 Å².